The molecule has 0 aliphatic carbocycles. The lowest BCUT2D eigenvalue weighted by atomic mass is 10.0. The Bertz CT molecular complexity index is 573. The monoisotopic (exact) mass is 294 g/mol. The number of benzene rings is 1. The molecule has 0 aliphatic heterocycles. The zero-order chi connectivity index (χ0) is 14.7. The van der Waals surface area contributed by atoms with Gasteiger partial charge in [-0.05, 0) is 6.92 Å². The van der Waals surface area contributed by atoms with E-state index in [-0.39, 0.29) is 0 Å². The summed E-state index contributed by atoms with van der Waals surface area (Å²) in [6.45, 7) is 2.00. The van der Waals surface area contributed by atoms with Crippen LogP contribution < -0.4 is 19.9 Å². The van der Waals surface area contributed by atoms with Crippen molar-refractivity contribution in [3.05, 3.63) is 33.8 Å². The van der Waals surface area contributed by atoms with Gasteiger partial charge >= 0.3 is 0 Å². The van der Waals surface area contributed by atoms with Gasteiger partial charge in [0.1, 0.15) is 22.3 Å². The summed E-state index contributed by atoms with van der Waals surface area (Å²) in [5, 5.41) is 0.823. The van der Waals surface area contributed by atoms with Gasteiger partial charge in [0.25, 0.3) is 0 Å². The molecule has 0 radical (unpaired) electrons. The molecular weight excluding hydrogens is 276 g/mol. The molecule has 108 valence electrons. The number of aromatic nitrogens is 1. The van der Waals surface area contributed by atoms with Crippen LogP contribution in [0.2, 0.25) is 0 Å². The van der Waals surface area contributed by atoms with Crippen molar-refractivity contribution in [1.29, 1.82) is 0 Å². The highest BCUT2D eigenvalue weighted by Gasteiger charge is 2.23. The van der Waals surface area contributed by atoms with Crippen molar-refractivity contribution in [3.8, 4) is 17.2 Å². The van der Waals surface area contributed by atoms with Gasteiger partial charge in [0.15, 0.2) is 0 Å². The average Bonchev–Trinajstić information content (AvgIpc) is 2.91. The molecule has 1 atom stereocenters. The minimum absolute atomic E-state index is 0.399. The number of nitrogens with two attached hydrogens (primary N) is 1. The maximum absolute atomic E-state index is 6.32. The zero-order valence-corrected chi connectivity index (χ0v) is 12.8. The summed E-state index contributed by atoms with van der Waals surface area (Å²) in [5.41, 5.74) is 7.09. The van der Waals surface area contributed by atoms with Gasteiger partial charge in [0, 0.05) is 23.2 Å². The van der Waals surface area contributed by atoms with E-state index < -0.39 is 6.04 Å². The molecule has 2 rings (SSSR count). The number of nitrogens with zero attached hydrogens (tertiary/aromatic N) is 1. The first kappa shape index (κ1) is 14.6. The van der Waals surface area contributed by atoms with Crippen LogP contribution in [0.3, 0.4) is 0 Å². The van der Waals surface area contributed by atoms with Crippen LogP contribution in [0.25, 0.3) is 0 Å². The number of hydrogen-bond donors (Lipinski definition) is 1. The second-order valence-corrected chi connectivity index (χ2v) is 5.50. The van der Waals surface area contributed by atoms with Crippen LogP contribution >= 0.6 is 11.3 Å². The second-order valence-electron chi connectivity index (χ2n) is 4.23. The second kappa shape index (κ2) is 6.11. The van der Waals surface area contributed by atoms with Crippen LogP contribution in [0, 0.1) is 6.92 Å². The number of methoxy groups -OCH3 is 3. The van der Waals surface area contributed by atoms with Crippen molar-refractivity contribution >= 4 is 11.3 Å². The third-order valence-corrected chi connectivity index (χ3v) is 3.97. The summed E-state index contributed by atoms with van der Waals surface area (Å²) in [5.74, 6) is 1.91. The summed E-state index contributed by atoms with van der Waals surface area (Å²) in [6.07, 6.45) is 1.81. The Morgan fingerprint density at radius 3 is 2.10 bits per heavy atom. The molecule has 1 heterocycles. The quantitative estimate of drug-likeness (QED) is 0.918. The first-order chi connectivity index (χ1) is 9.60. The van der Waals surface area contributed by atoms with Crippen molar-refractivity contribution in [2.24, 2.45) is 5.73 Å². The molecule has 0 fully saturated rings. The van der Waals surface area contributed by atoms with Gasteiger partial charge in [0.2, 0.25) is 0 Å². The van der Waals surface area contributed by atoms with Gasteiger partial charge in [-0.2, -0.15) is 0 Å². The Morgan fingerprint density at radius 1 is 1.10 bits per heavy atom. The summed E-state index contributed by atoms with van der Waals surface area (Å²) in [7, 11) is 4.78. The van der Waals surface area contributed by atoms with Crippen LogP contribution in [-0.4, -0.2) is 26.3 Å². The Labute approximate surface area is 122 Å². The van der Waals surface area contributed by atoms with Gasteiger partial charge < -0.3 is 19.9 Å². The van der Waals surface area contributed by atoms with Crippen molar-refractivity contribution in [2.75, 3.05) is 21.3 Å². The molecule has 0 spiro atoms. The fraction of sp³-hybridized carbons (Fsp3) is 0.357. The normalized spacial score (nSPS) is 12.1. The molecule has 0 bridgehead atoms. The van der Waals surface area contributed by atoms with E-state index in [0.717, 1.165) is 15.4 Å². The predicted octanol–water partition coefficient (Wildman–Crippen LogP) is 2.53. The van der Waals surface area contributed by atoms with E-state index in [2.05, 4.69) is 4.98 Å². The third kappa shape index (κ3) is 2.71. The van der Waals surface area contributed by atoms with Crippen LogP contribution in [0.15, 0.2) is 18.3 Å². The summed E-state index contributed by atoms with van der Waals surface area (Å²) < 4.78 is 16.1. The molecule has 0 amide bonds. The summed E-state index contributed by atoms with van der Waals surface area (Å²) in [4.78, 5) is 5.45. The van der Waals surface area contributed by atoms with E-state index in [1.165, 1.54) is 0 Å². The molecule has 2 aromatic rings. The van der Waals surface area contributed by atoms with Crippen molar-refractivity contribution < 1.29 is 14.2 Å². The van der Waals surface area contributed by atoms with Gasteiger partial charge in [-0.1, -0.05) is 0 Å². The van der Waals surface area contributed by atoms with Gasteiger partial charge in [-0.15, -0.1) is 11.3 Å². The number of thiazole rings is 1. The highest BCUT2D eigenvalue weighted by molar-refractivity contribution is 7.11. The standard InChI is InChI=1S/C14H18N2O3S/c1-8-7-16-14(20-8)13(15)12-10(18-3)5-9(17-2)6-11(12)19-4/h5-7,13H,15H2,1-4H3. The Hall–Kier alpha value is -1.79. The smallest absolute Gasteiger partial charge is 0.131 e. The Morgan fingerprint density at radius 2 is 1.70 bits per heavy atom. The zero-order valence-electron chi connectivity index (χ0n) is 12.0. The van der Waals surface area contributed by atoms with Crippen LogP contribution in [0.4, 0.5) is 0 Å². The molecule has 0 saturated heterocycles. The maximum Gasteiger partial charge on any atom is 0.131 e. The molecule has 20 heavy (non-hydrogen) atoms. The molecule has 2 N–H and O–H groups in total. The van der Waals surface area contributed by atoms with Gasteiger partial charge in [-0.3, -0.25) is 0 Å². The average molecular weight is 294 g/mol. The SMILES string of the molecule is COc1cc(OC)c(C(N)c2ncc(C)s2)c(OC)c1. The number of ether oxygens (including phenoxy) is 3. The van der Waals surface area contributed by atoms with E-state index in [9.17, 15) is 0 Å². The van der Waals surface area contributed by atoms with Crippen molar-refractivity contribution in [1.82, 2.24) is 4.98 Å². The van der Waals surface area contributed by atoms with E-state index in [1.807, 2.05) is 13.1 Å². The lowest BCUT2D eigenvalue weighted by molar-refractivity contribution is 0.366. The molecule has 1 aromatic carbocycles. The van der Waals surface area contributed by atoms with Crippen LogP contribution in [0.1, 0.15) is 21.5 Å². The lowest BCUT2D eigenvalue weighted by Crippen LogP contribution is -2.14. The predicted molar refractivity (Wildman–Crippen MR) is 79.0 cm³/mol. The molecule has 6 heteroatoms. The Kier molecular flexibility index (Phi) is 4.46. The highest BCUT2D eigenvalue weighted by atomic mass is 32.1. The van der Waals surface area contributed by atoms with E-state index in [1.54, 1.807) is 44.8 Å². The fourth-order valence-corrected chi connectivity index (χ4v) is 2.76. The molecule has 0 aliphatic rings. The summed E-state index contributed by atoms with van der Waals surface area (Å²) >= 11 is 1.56. The minimum Gasteiger partial charge on any atom is -0.496 e. The summed E-state index contributed by atoms with van der Waals surface area (Å²) in [6, 6.07) is 3.18. The van der Waals surface area contributed by atoms with Gasteiger partial charge in [-0.25, -0.2) is 4.98 Å². The number of hydrogen-bond acceptors (Lipinski definition) is 6. The highest BCUT2D eigenvalue weighted by Crippen LogP contribution is 2.40. The Balaban J connectivity index is 2.53. The number of rotatable bonds is 5. The first-order valence-electron chi connectivity index (χ1n) is 6.08. The van der Waals surface area contributed by atoms with Crippen LogP contribution in [-0.2, 0) is 0 Å². The first-order valence-corrected chi connectivity index (χ1v) is 6.90. The lowest BCUT2D eigenvalue weighted by Gasteiger charge is -2.18. The number of aryl methyl sites for hydroxylation is 1. The molecular formula is C14H18N2O3S. The fourth-order valence-electron chi connectivity index (χ4n) is 1.98. The van der Waals surface area contributed by atoms with Crippen molar-refractivity contribution in [2.45, 2.75) is 13.0 Å². The largest absolute Gasteiger partial charge is 0.496 e. The van der Waals surface area contributed by atoms with Gasteiger partial charge in [0.05, 0.1) is 32.9 Å². The molecule has 1 unspecified atom stereocenters. The third-order valence-electron chi connectivity index (χ3n) is 2.97. The molecule has 0 saturated carbocycles. The molecule has 1 aromatic heterocycles. The van der Waals surface area contributed by atoms with E-state index >= 15 is 0 Å². The van der Waals surface area contributed by atoms with Crippen LogP contribution in [0.5, 0.6) is 17.2 Å². The van der Waals surface area contributed by atoms with E-state index in [0.29, 0.717) is 17.2 Å². The maximum atomic E-state index is 6.32. The van der Waals surface area contributed by atoms with Crippen molar-refractivity contribution in [3.63, 3.8) is 0 Å². The topological polar surface area (TPSA) is 66.6 Å². The minimum atomic E-state index is -0.399. The van der Waals surface area contributed by atoms with E-state index in [4.69, 9.17) is 19.9 Å². The molecule has 5 nitrogen and oxygen atoms in total.